The van der Waals surface area contributed by atoms with Crippen LogP contribution in [0.4, 0.5) is 0 Å². The third kappa shape index (κ3) is 3.88. The minimum atomic E-state index is -2.79. The summed E-state index contributed by atoms with van der Waals surface area (Å²) < 4.78 is 17.6. The molecule has 0 N–H and O–H groups in total. The Morgan fingerprint density at radius 1 is 0.821 bits per heavy atom. The van der Waals surface area contributed by atoms with Crippen LogP contribution in [0.1, 0.15) is 47.9 Å². The van der Waals surface area contributed by atoms with Gasteiger partial charge >= 0.3 is 8.80 Å². The maximum absolute atomic E-state index is 13.0. The van der Waals surface area contributed by atoms with Gasteiger partial charge < -0.3 is 13.3 Å². The number of carbonyl (C=O) groups is 2. The van der Waals surface area contributed by atoms with Crippen LogP contribution in [0.25, 0.3) is 10.8 Å². The highest BCUT2D eigenvalue weighted by Gasteiger charge is 2.40. The summed E-state index contributed by atoms with van der Waals surface area (Å²) in [4.78, 5) is 27.3. The van der Waals surface area contributed by atoms with Gasteiger partial charge in [0.15, 0.2) is 0 Å². The van der Waals surface area contributed by atoms with E-state index in [-0.39, 0.29) is 11.8 Å². The van der Waals surface area contributed by atoms with E-state index in [1.54, 1.807) is 12.1 Å². The number of amides is 2. The van der Waals surface area contributed by atoms with Crippen LogP contribution in [0.2, 0.25) is 6.04 Å². The van der Waals surface area contributed by atoms with Crippen molar-refractivity contribution in [2.24, 2.45) is 0 Å². The van der Waals surface area contributed by atoms with Crippen molar-refractivity contribution >= 4 is 31.4 Å². The predicted molar refractivity (Wildman–Crippen MR) is 109 cm³/mol. The molecule has 150 valence electrons. The zero-order chi connectivity index (χ0) is 20.1. The average molecular weight is 402 g/mol. The van der Waals surface area contributed by atoms with Crippen molar-refractivity contribution in [1.82, 2.24) is 4.90 Å². The Kier molecular flexibility index (Phi) is 6.61. The average Bonchev–Trinajstić information content (AvgIpc) is 2.69. The van der Waals surface area contributed by atoms with Gasteiger partial charge in [-0.2, -0.15) is 0 Å². The molecule has 0 aliphatic carbocycles. The van der Waals surface area contributed by atoms with E-state index in [2.05, 4.69) is 0 Å². The van der Waals surface area contributed by atoms with Crippen LogP contribution in [0.5, 0.6) is 0 Å². The van der Waals surface area contributed by atoms with E-state index in [4.69, 9.17) is 13.3 Å². The van der Waals surface area contributed by atoms with E-state index in [0.29, 0.717) is 50.0 Å². The Balaban J connectivity index is 1.78. The second-order valence-electron chi connectivity index (χ2n) is 6.56. The zero-order valence-corrected chi connectivity index (χ0v) is 17.7. The fourth-order valence-corrected chi connectivity index (χ4v) is 6.33. The van der Waals surface area contributed by atoms with Crippen LogP contribution in [0.15, 0.2) is 36.4 Å². The second kappa shape index (κ2) is 8.96. The highest BCUT2D eigenvalue weighted by molar-refractivity contribution is 6.60. The number of nitrogens with zero attached hydrogens (tertiary/aromatic N) is 1. The molecule has 3 rings (SSSR count). The number of hydrogen-bond acceptors (Lipinski definition) is 5. The summed E-state index contributed by atoms with van der Waals surface area (Å²) in [5.41, 5.74) is 1.16. The largest absolute Gasteiger partial charge is 0.500 e. The molecule has 0 saturated carbocycles. The molecular formula is C21H27NO5Si. The van der Waals surface area contributed by atoms with Crippen molar-refractivity contribution in [3.8, 4) is 0 Å². The minimum Gasteiger partial charge on any atom is -0.374 e. The topological polar surface area (TPSA) is 65.1 Å². The first kappa shape index (κ1) is 20.7. The number of benzene rings is 2. The van der Waals surface area contributed by atoms with Crippen molar-refractivity contribution < 1.29 is 22.9 Å². The molecule has 0 spiro atoms. The van der Waals surface area contributed by atoms with E-state index >= 15 is 0 Å². The monoisotopic (exact) mass is 401 g/mol. The lowest BCUT2D eigenvalue weighted by molar-refractivity contribution is 0.0578. The van der Waals surface area contributed by atoms with Crippen molar-refractivity contribution in [2.75, 3.05) is 26.4 Å². The lowest BCUT2D eigenvalue weighted by Gasteiger charge is -2.30. The van der Waals surface area contributed by atoms with Crippen molar-refractivity contribution in [3.63, 3.8) is 0 Å². The molecule has 0 aromatic heterocycles. The smallest absolute Gasteiger partial charge is 0.374 e. The number of rotatable bonds is 10. The zero-order valence-electron chi connectivity index (χ0n) is 16.7. The Hall–Kier alpha value is -2.06. The quantitative estimate of drug-likeness (QED) is 0.447. The van der Waals surface area contributed by atoms with Gasteiger partial charge in [-0.05, 0) is 44.7 Å². The lowest BCUT2D eigenvalue weighted by atomic mass is 9.94. The summed E-state index contributed by atoms with van der Waals surface area (Å²) >= 11 is 0. The first-order valence-electron chi connectivity index (χ1n) is 9.86. The Morgan fingerprint density at radius 2 is 1.32 bits per heavy atom. The van der Waals surface area contributed by atoms with Crippen LogP contribution in [0, 0.1) is 0 Å². The summed E-state index contributed by atoms with van der Waals surface area (Å²) in [5, 5.41) is 1.66. The highest BCUT2D eigenvalue weighted by atomic mass is 28.4. The summed E-state index contributed by atoms with van der Waals surface area (Å²) in [6.45, 7) is 7.55. The second-order valence-corrected chi connectivity index (χ2v) is 9.29. The van der Waals surface area contributed by atoms with Crippen LogP contribution >= 0.6 is 0 Å². The summed E-state index contributed by atoms with van der Waals surface area (Å²) in [6.07, 6.45) is 0.571. The first-order valence-corrected chi connectivity index (χ1v) is 11.8. The standard InChI is InChI=1S/C21H27NO5Si/c1-4-25-28(26-5-2,27-6-3)15-9-14-22-20(23)17-12-7-10-16-11-8-13-18(19(16)17)21(22)24/h7-8,10-13H,4-6,9,14-15H2,1-3H3. The predicted octanol–water partition coefficient (Wildman–Crippen LogP) is 3.87. The van der Waals surface area contributed by atoms with E-state index in [1.807, 2.05) is 45.0 Å². The van der Waals surface area contributed by atoms with Gasteiger partial charge in [0.2, 0.25) is 0 Å². The fourth-order valence-electron chi connectivity index (χ4n) is 3.74. The van der Waals surface area contributed by atoms with Gasteiger partial charge in [-0.1, -0.05) is 24.3 Å². The maximum atomic E-state index is 13.0. The summed E-state index contributed by atoms with van der Waals surface area (Å²) in [6, 6.07) is 11.7. The molecule has 6 nitrogen and oxygen atoms in total. The highest BCUT2D eigenvalue weighted by Crippen LogP contribution is 2.30. The molecule has 2 aromatic carbocycles. The summed E-state index contributed by atoms with van der Waals surface area (Å²) in [7, 11) is -2.79. The molecule has 2 amide bonds. The van der Waals surface area contributed by atoms with Gasteiger partial charge in [0.25, 0.3) is 11.8 Å². The van der Waals surface area contributed by atoms with Gasteiger partial charge in [-0.25, -0.2) is 0 Å². The van der Waals surface area contributed by atoms with Gasteiger partial charge in [0.05, 0.1) is 0 Å². The van der Waals surface area contributed by atoms with Crippen molar-refractivity contribution in [2.45, 2.75) is 33.2 Å². The number of carbonyl (C=O) groups excluding carboxylic acids is 2. The molecule has 0 bridgehead atoms. The molecule has 0 atom stereocenters. The van der Waals surface area contributed by atoms with Gasteiger partial charge in [0, 0.05) is 48.9 Å². The molecule has 1 aliphatic heterocycles. The fraction of sp³-hybridized carbons (Fsp3) is 0.429. The first-order chi connectivity index (χ1) is 13.6. The van der Waals surface area contributed by atoms with Crippen molar-refractivity contribution in [3.05, 3.63) is 47.5 Å². The molecule has 0 fully saturated rings. The van der Waals surface area contributed by atoms with Crippen molar-refractivity contribution in [1.29, 1.82) is 0 Å². The third-order valence-corrected chi connectivity index (χ3v) is 7.96. The minimum absolute atomic E-state index is 0.245. The van der Waals surface area contributed by atoms with Crippen LogP contribution in [0.3, 0.4) is 0 Å². The maximum Gasteiger partial charge on any atom is 0.500 e. The van der Waals surface area contributed by atoms with E-state index in [0.717, 1.165) is 10.8 Å². The Morgan fingerprint density at radius 3 is 1.79 bits per heavy atom. The van der Waals surface area contributed by atoms with E-state index in [9.17, 15) is 9.59 Å². The van der Waals surface area contributed by atoms with Crippen LogP contribution < -0.4 is 0 Å². The molecule has 7 heteroatoms. The van der Waals surface area contributed by atoms with Gasteiger partial charge in [0.1, 0.15) is 0 Å². The normalized spacial score (nSPS) is 14.2. The molecule has 2 aromatic rings. The van der Waals surface area contributed by atoms with Gasteiger partial charge in [-0.3, -0.25) is 14.5 Å². The number of imide groups is 1. The lowest BCUT2D eigenvalue weighted by Crippen LogP contribution is -2.47. The Labute approximate surface area is 166 Å². The summed E-state index contributed by atoms with van der Waals surface area (Å²) in [5.74, 6) is -0.489. The van der Waals surface area contributed by atoms with E-state index < -0.39 is 8.80 Å². The molecule has 28 heavy (non-hydrogen) atoms. The van der Waals surface area contributed by atoms with E-state index in [1.165, 1.54) is 4.90 Å². The molecule has 1 aliphatic rings. The number of hydrogen-bond donors (Lipinski definition) is 0. The molecule has 1 heterocycles. The molecule has 0 unspecified atom stereocenters. The molecule has 0 saturated heterocycles. The molecule has 0 radical (unpaired) electrons. The Bertz CT molecular complexity index is 801. The van der Waals surface area contributed by atoms with Crippen LogP contribution in [-0.2, 0) is 13.3 Å². The molecular weight excluding hydrogens is 374 g/mol. The van der Waals surface area contributed by atoms with Crippen LogP contribution in [-0.4, -0.2) is 51.9 Å². The van der Waals surface area contributed by atoms with Gasteiger partial charge in [-0.15, -0.1) is 0 Å². The SMILES string of the molecule is CCO[Si](CCCN1C(=O)c2cccc3cccc(c23)C1=O)(OCC)OCC. The third-order valence-electron chi connectivity index (χ3n) is 4.81.